The van der Waals surface area contributed by atoms with E-state index in [9.17, 15) is 4.79 Å². The molecule has 1 saturated carbocycles. The zero-order valence-electron chi connectivity index (χ0n) is 11.7. The number of carbonyl (C=O) groups excluding carboxylic acids is 1. The van der Waals surface area contributed by atoms with Gasteiger partial charge in [-0.05, 0) is 56.2 Å². The van der Waals surface area contributed by atoms with Crippen molar-refractivity contribution in [2.45, 2.75) is 45.1 Å². The van der Waals surface area contributed by atoms with Crippen LogP contribution in [0.1, 0.15) is 48.5 Å². The van der Waals surface area contributed by atoms with Gasteiger partial charge in [-0.1, -0.05) is 25.1 Å². The van der Waals surface area contributed by atoms with Crippen LogP contribution in [0.5, 0.6) is 0 Å². The maximum Gasteiger partial charge on any atom is 0.251 e. The predicted molar refractivity (Wildman–Crippen MR) is 78.1 cm³/mol. The van der Waals surface area contributed by atoms with Crippen LogP contribution in [0.4, 0.5) is 0 Å². The second kappa shape index (κ2) is 6.71. The zero-order chi connectivity index (χ0) is 13.7. The fraction of sp³-hybridized carbons (Fsp3) is 0.562. The number of nitrogens with one attached hydrogen (secondary N) is 1. The predicted octanol–water partition coefficient (Wildman–Crippen LogP) is 2.50. The molecule has 1 aromatic carbocycles. The summed E-state index contributed by atoms with van der Waals surface area (Å²) in [5.74, 6) is 0.862. The maximum atomic E-state index is 12.3. The quantitative estimate of drug-likeness (QED) is 0.874. The van der Waals surface area contributed by atoms with Crippen molar-refractivity contribution >= 4 is 5.91 Å². The second-order valence-corrected chi connectivity index (χ2v) is 5.63. The van der Waals surface area contributed by atoms with Crippen LogP contribution in [0, 0.1) is 5.92 Å². The van der Waals surface area contributed by atoms with E-state index in [0.717, 1.165) is 36.3 Å². The summed E-state index contributed by atoms with van der Waals surface area (Å²) in [7, 11) is 0. The Morgan fingerprint density at radius 2 is 1.95 bits per heavy atom. The van der Waals surface area contributed by atoms with Crippen molar-refractivity contribution in [1.29, 1.82) is 0 Å². The summed E-state index contributed by atoms with van der Waals surface area (Å²) in [5, 5.41) is 3.17. The highest BCUT2D eigenvalue weighted by molar-refractivity contribution is 5.95. The van der Waals surface area contributed by atoms with E-state index in [1.807, 2.05) is 24.3 Å². The third kappa shape index (κ3) is 3.80. The molecule has 3 heteroatoms. The lowest BCUT2D eigenvalue weighted by atomic mass is 9.87. The van der Waals surface area contributed by atoms with Gasteiger partial charge in [-0.2, -0.15) is 0 Å². The molecule has 1 fully saturated rings. The van der Waals surface area contributed by atoms with Crippen LogP contribution in [-0.2, 0) is 6.42 Å². The van der Waals surface area contributed by atoms with Crippen molar-refractivity contribution in [2.75, 3.05) is 6.54 Å². The number of benzene rings is 1. The first-order chi connectivity index (χ1) is 9.20. The average molecular weight is 260 g/mol. The van der Waals surface area contributed by atoms with Crippen LogP contribution in [0.15, 0.2) is 24.3 Å². The zero-order valence-corrected chi connectivity index (χ0v) is 11.7. The van der Waals surface area contributed by atoms with Crippen LogP contribution in [0.2, 0.25) is 0 Å². The van der Waals surface area contributed by atoms with Gasteiger partial charge in [0.2, 0.25) is 0 Å². The highest BCUT2D eigenvalue weighted by Crippen LogP contribution is 2.23. The Bertz CT molecular complexity index is 423. The fourth-order valence-corrected chi connectivity index (χ4v) is 2.78. The molecule has 19 heavy (non-hydrogen) atoms. The van der Waals surface area contributed by atoms with Gasteiger partial charge in [0.25, 0.3) is 5.91 Å². The molecule has 0 aromatic heterocycles. The minimum Gasteiger partial charge on any atom is -0.349 e. The van der Waals surface area contributed by atoms with Crippen molar-refractivity contribution in [1.82, 2.24) is 5.32 Å². The fourth-order valence-electron chi connectivity index (χ4n) is 2.78. The standard InChI is InChI=1S/C16H24N2O/c1-12-6-8-14(9-7-12)18-16(19)15-5-3-2-4-13(15)10-11-17/h2-5,12,14H,6-11,17H2,1H3,(H,18,19). The summed E-state index contributed by atoms with van der Waals surface area (Å²) in [6, 6.07) is 8.10. The lowest BCUT2D eigenvalue weighted by Crippen LogP contribution is -2.37. The second-order valence-electron chi connectivity index (χ2n) is 5.63. The molecule has 1 aliphatic rings. The molecule has 0 bridgehead atoms. The molecular weight excluding hydrogens is 236 g/mol. The van der Waals surface area contributed by atoms with Gasteiger partial charge in [-0.15, -0.1) is 0 Å². The number of amides is 1. The van der Waals surface area contributed by atoms with Gasteiger partial charge in [0.15, 0.2) is 0 Å². The van der Waals surface area contributed by atoms with Crippen LogP contribution >= 0.6 is 0 Å². The van der Waals surface area contributed by atoms with E-state index in [1.54, 1.807) is 0 Å². The van der Waals surface area contributed by atoms with E-state index < -0.39 is 0 Å². The van der Waals surface area contributed by atoms with Crippen molar-refractivity contribution in [3.05, 3.63) is 35.4 Å². The lowest BCUT2D eigenvalue weighted by Gasteiger charge is -2.27. The molecule has 3 N–H and O–H groups in total. The molecule has 0 unspecified atom stereocenters. The molecule has 0 heterocycles. The summed E-state index contributed by atoms with van der Waals surface area (Å²) in [6.07, 6.45) is 5.40. The summed E-state index contributed by atoms with van der Waals surface area (Å²) in [5.41, 5.74) is 7.43. The molecule has 0 spiro atoms. The van der Waals surface area contributed by atoms with E-state index >= 15 is 0 Å². The van der Waals surface area contributed by atoms with Crippen LogP contribution in [0.25, 0.3) is 0 Å². The Hall–Kier alpha value is -1.35. The Morgan fingerprint density at radius 1 is 1.26 bits per heavy atom. The van der Waals surface area contributed by atoms with E-state index in [1.165, 1.54) is 12.8 Å². The summed E-state index contributed by atoms with van der Waals surface area (Å²) in [4.78, 5) is 12.3. The summed E-state index contributed by atoms with van der Waals surface area (Å²) < 4.78 is 0. The third-order valence-corrected chi connectivity index (χ3v) is 4.03. The van der Waals surface area contributed by atoms with Gasteiger partial charge in [0, 0.05) is 11.6 Å². The monoisotopic (exact) mass is 260 g/mol. The van der Waals surface area contributed by atoms with E-state index in [0.29, 0.717) is 12.6 Å². The van der Waals surface area contributed by atoms with E-state index in [2.05, 4.69) is 12.2 Å². The average Bonchev–Trinajstić information content (AvgIpc) is 2.42. The van der Waals surface area contributed by atoms with Crippen LogP contribution in [-0.4, -0.2) is 18.5 Å². The van der Waals surface area contributed by atoms with Gasteiger partial charge in [0.1, 0.15) is 0 Å². The minimum absolute atomic E-state index is 0.0589. The van der Waals surface area contributed by atoms with Crippen molar-refractivity contribution in [3.8, 4) is 0 Å². The molecule has 0 atom stereocenters. The Kier molecular flexibility index (Phi) is 4.97. The minimum atomic E-state index is 0.0589. The molecule has 1 amide bonds. The van der Waals surface area contributed by atoms with E-state index in [4.69, 9.17) is 5.73 Å². The first kappa shape index (κ1) is 14.1. The number of rotatable bonds is 4. The highest BCUT2D eigenvalue weighted by atomic mass is 16.1. The van der Waals surface area contributed by atoms with Gasteiger partial charge >= 0.3 is 0 Å². The van der Waals surface area contributed by atoms with E-state index in [-0.39, 0.29) is 5.91 Å². The Labute approximate surface area is 115 Å². The summed E-state index contributed by atoms with van der Waals surface area (Å²) in [6.45, 7) is 2.86. The third-order valence-electron chi connectivity index (χ3n) is 4.03. The number of nitrogens with two attached hydrogens (primary N) is 1. The molecule has 1 aliphatic carbocycles. The highest BCUT2D eigenvalue weighted by Gasteiger charge is 2.21. The first-order valence-corrected chi connectivity index (χ1v) is 7.29. The van der Waals surface area contributed by atoms with Crippen LogP contribution in [0.3, 0.4) is 0 Å². The van der Waals surface area contributed by atoms with Crippen molar-refractivity contribution in [2.24, 2.45) is 11.7 Å². The van der Waals surface area contributed by atoms with Gasteiger partial charge in [-0.25, -0.2) is 0 Å². The molecule has 0 radical (unpaired) electrons. The van der Waals surface area contributed by atoms with Gasteiger partial charge < -0.3 is 11.1 Å². The number of carbonyl (C=O) groups is 1. The topological polar surface area (TPSA) is 55.1 Å². The first-order valence-electron chi connectivity index (χ1n) is 7.29. The molecule has 0 saturated heterocycles. The van der Waals surface area contributed by atoms with Gasteiger partial charge in [-0.3, -0.25) is 4.79 Å². The molecule has 2 rings (SSSR count). The molecule has 0 aliphatic heterocycles. The maximum absolute atomic E-state index is 12.3. The number of hydrogen-bond acceptors (Lipinski definition) is 2. The molecular formula is C16H24N2O. The van der Waals surface area contributed by atoms with Crippen molar-refractivity contribution in [3.63, 3.8) is 0 Å². The summed E-state index contributed by atoms with van der Waals surface area (Å²) >= 11 is 0. The normalized spacial score (nSPS) is 23.1. The SMILES string of the molecule is CC1CCC(NC(=O)c2ccccc2CCN)CC1. The molecule has 3 nitrogen and oxygen atoms in total. The van der Waals surface area contributed by atoms with Crippen LogP contribution < -0.4 is 11.1 Å². The van der Waals surface area contributed by atoms with Crippen molar-refractivity contribution < 1.29 is 4.79 Å². The number of hydrogen-bond donors (Lipinski definition) is 2. The lowest BCUT2D eigenvalue weighted by molar-refractivity contribution is 0.0922. The largest absolute Gasteiger partial charge is 0.349 e. The molecule has 104 valence electrons. The smallest absolute Gasteiger partial charge is 0.251 e. The Balaban J connectivity index is 1.99. The Morgan fingerprint density at radius 3 is 2.63 bits per heavy atom. The van der Waals surface area contributed by atoms with Gasteiger partial charge in [0.05, 0.1) is 0 Å². The molecule has 1 aromatic rings.